The molecule has 12 aliphatic rings. The average molecular weight is 1400 g/mol. The number of ketones is 1. The minimum Gasteiger partial charge on any atom is -0.469 e. The zero-order valence-corrected chi connectivity index (χ0v) is 60.7. The summed E-state index contributed by atoms with van der Waals surface area (Å²) in [7, 11) is 4.05. The smallest absolute Gasteiger partial charge is 0.305 e. The van der Waals surface area contributed by atoms with Gasteiger partial charge in [-0.15, -0.1) is 0 Å². The van der Waals surface area contributed by atoms with E-state index in [1.54, 1.807) is 303 Å². The van der Waals surface area contributed by atoms with Crippen LogP contribution in [0.5, 0.6) is 0 Å². The van der Waals surface area contributed by atoms with Gasteiger partial charge in [-0.25, -0.2) is 4.98 Å². The molecule has 5 unspecified atom stereocenters. The molecule has 8 heteroatoms. The van der Waals surface area contributed by atoms with Crippen molar-refractivity contribution in [3.8, 4) is 0 Å². The molecule has 6 heterocycles. The number of likely N-dealkylation sites (N-methyl/N-ethyl adjacent to an activating group) is 1. The number of allylic oxidation sites excluding steroid dienone is 2. The summed E-state index contributed by atoms with van der Waals surface area (Å²) in [4.78, 5) is 48.8. The minimum atomic E-state index is -0.442. The van der Waals surface area contributed by atoms with E-state index >= 15 is 0 Å². The van der Waals surface area contributed by atoms with Crippen LogP contribution in [0.15, 0.2) is 42.5 Å². The molecule has 3 aliphatic heterocycles. The first-order valence-corrected chi connectivity index (χ1v) is 41.1. The van der Waals surface area contributed by atoms with Gasteiger partial charge in [0.2, 0.25) is 0 Å². The number of methoxy groups -OCH3 is 1. The van der Waals surface area contributed by atoms with E-state index in [4.69, 9.17) is 14.7 Å². The van der Waals surface area contributed by atoms with Crippen molar-refractivity contribution in [2.24, 2.45) is 0 Å². The van der Waals surface area contributed by atoms with E-state index in [-0.39, 0.29) is 47.9 Å². The number of rotatable bonds is 7. The van der Waals surface area contributed by atoms with E-state index in [0.29, 0.717) is 18.3 Å². The van der Waals surface area contributed by atoms with Crippen LogP contribution in [-0.4, -0.2) is 57.3 Å². The molecule has 111 heavy (non-hydrogen) atoms. The van der Waals surface area contributed by atoms with Crippen LogP contribution >= 0.6 is 0 Å². The summed E-state index contributed by atoms with van der Waals surface area (Å²) in [6, 6.07) is 16.8. The maximum Gasteiger partial charge on any atom is 0.305 e. The van der Waals surface area contributed by atoms with Crippen molar-refractivity contribution in [3.63, 3.8) is 0 Å². The van der Waals surface area contributed by atoms with Crippen LogP contribution in [0.1, 0.15) is 181 Å². The first-order chi connectivity index (χ1) is 54.5. The van der Waals surface area contributed by atoms with Gasteiger partial charge in [-0.3, -0.25) is 19.5 Å². The third-order valence-electron chi connectivity index (χ3n) is 36.1. The van der Waals surface area contributed by atoms with E-state index in [2.05, 4.69) is 111 Å². The SMILES string of the molecule is CCC1=C(C)c2cc3[nH]c(cc4nc(c5c6[nH]c(cc1n2)c(C)c6C(=O)C5)[C@@H](CCC(=O)OC)[C@@H]4C)c(C)c3/C=C/c1ccc(C2N(C)CC34c5c6c7c8c9c%10c%11c%12c%13c%14c%15c%16c(c7c7c5c5c%17c%18c%19c(c%20c%21c3c6c9c3c%21c6c%20c9c%19c%19c%20c%18c%18c5c7c%16c5c%15c7c%13c%13c%15c%12c(c%103)c6c%15c9c%19c%13c7c%20c5%18)C%1724)C8C%11%14)cc1. The summed E-state index contributed by atoms with van der Waals surface area (Å²) < 4.78 is 5.23. The second-order valence-corrected chi connectivity index (χ2v) is 38.3. The third kappa shape index (κ3) is 3.64. The summed E-state index contributed by atoms with van der Waals surface area (Å²) in [6.45, 7) is 11.9. The molecule has 502 valence electrons. The van der Waals surface area contributed by atoms with Crippen molar-refractivity contribution < 1.29 is 14.3 Å². The Morgan fingerprint density at radius 1 is 0.514 bits per heavy atom. The standard InChI is InChI=1S/C103H47N5O3/c1-8-28-22(2)33-19-37-29(23(3)32(105-37)18-34-24(4)30(15-16-39(110)111-7)99(106-34)31-17-38(109)40-25(5)35(107-100(31)40)20-36(28)104-33)14-11-26-9-12-27(13-10-26)101-103-97-91-85-75-63-55-47-43-41-42-45-49(47)57(63)67-61-53(45)54-46(42)50-48-44(41)52-51(43)59-65(55)73-79-69(59)70-60(52)66-56(48)64-58(50)68-62(54)72-71(61)83(77(67)85)93(97)94-84(72)78(68)86-76(64)82-74(66)80(70)88-87(79)95(89(91)81(73)75)102(103,21-108(101)6)96(88)90(82)92(86)98(94)103/h9-14,18-20,24,30,51,59,101,105,107H,8,15-17,21H2,1-7H3/b14-11+,32-18?,33-19?,34-18?,35-20?,36-20?,37-19?,99-31?/t24-,30-,51?,59?,101?,102?,103?/m0/s1. The van der Waals surface area contributed by atoms with E-state index in [0.717, 1.165) is 91.2 Å². The maximum atomic E-state index is 14.2. The Labute approximate surface area is 621 Å². The van der Waals surface area contributed by atoms with Crippen molar-refractivity contribution in [1.82, 2.24) is 24.8 Å². The Morgan fingerprint density at radius 2 is 0.937 bits per heavy atom. The first-order valence-electron chi connectivity index (χ1n) is 41.1. The summed E-state index contributed by atoms with van der Waals surface area (Å²) in [5, 5.41) is 79.8. The van der Waals surface area contributed by atoms with Gasteiger partial charge in [0, 0.05) is 88.0 Å². The number of likely N-dealkylation sites (tertiary alicyclic amines) is 1. The highest BCUT2D eigenvalue weighted by Crippen LogP contribution is 2.88. The molecule has 7 atom stereocenters. The number of aromatic nitrogens is 4. The molecule has 0 saturated carbocycles. The number of aryl methyl sites for hydroxylation is 2. The molecule has 1 saturated heterocycles. The Bertz CT molecular complexity index is 10200. The van der Waals surface area contributed by atoms with Crippen LogP contribution in [0, 0.1) is 13.8 Å². The number of fused-ring (bicyclic) bond motifs is 8. The molecule has 28 aromatic rings. The lowest BCUT2D eigenvalue weighted by Gasteiger charge is -2.52. The van der Waals surface area contributed by atoms with E-state index in [9.17, 15) is 9.59 Å². The summed E-state index contributed by atoms with van der Waals surface area (Å²) in [6.07, 6.45) is 6.64. The molecule has 0 amide bonds. The van der Waals surface area contributed by atoms with Gasteiger partial charge in [-0.2, -0.15) is 0 Å². The molecule has 8 nitrogen and oxygen atoms in total. The fourth-order valence-corrected chi connectivity index (χ4v) is 33.9. The Morgan fingerprint density at radius 3 is 1.41 bits per heavy atom. The van der Waals surface area contributed by atoms with Crippen LogP contribution in [0.4, 0.5) is 0 Å². The molecule has 3 aromatic heterocycles. The highest BCUT2D eigenvalue weighted by Gasteiger charge is 2.76. The number of ether oxygens (including phenoxy) is 1. The predicted octanol–water partition coefficient (Wildman–Crippen LogP) is 24.6. The molecule has 2 spiro atoms. The van der Waals surface area contributed by atoms with Crippen LogP contribution in [0.3, 0.4) is 0 Å². The number of Topliss-reactive ketones (excluding diaryl/α,β-unsaturated/α-hetero) is 1. The summed E-state index contributed by atoms with van der Waals surface area (Å²) in [5.41, 5.74) is 30.4. The number of benzene rings is 17. The number of H-pyrrole nitrogens is 2. The molecule has 0 radical (unpaired) electrons. The molecule has 40 rings (SSSR count). The highest BCUT2D eigenvalue weighted by atomic mass is 16.5. The van der Waals surface area contributed by atoms with Crippen LogP contribution < -0.4 is 0 Å². The van der Waals surface area contributed by atoms with Crippen LogP contribution in [-0.2, 0) is 26.8 Å². The lowest BCUT2D eigenvalue weighted by Crippen LogP contribution is -2.51. The summed E-state index contributed by atoms with van der Waals surface area (Å²) >= 11 is 0. The number of nitrogens with one attached hydrogen (secondary N) is 2. The molecular formula is C103H47N5O3. The van der Waals surface area contributed by atoms with E-state index < -0.39 is 5.41 Å². The predicted molar refractivity (Wildman–Crippen MR) is 454 cm³/mol. The highest BCUT2D eigenvalue weighted by molar-refractivity contribution is 6.78. The van der Waals surface area contributed by atoms with Crippen molar-refractivity contribution >= 4 is 316 Å². The second kappa shape index (κ2) is 13.3. The Kier molecular flexibility index (Phi) is 6.04. The van der Waals surface area contributed by atoms with Crippen LogP contribution in [0.25, 0.3) is 304 Å². The van der Waals surface area contributed by atoms with Gasteiger partial charge in [-0.05, 0) is 395 Å². The normalized spacial score (nSPS) is 23.6. The van der Waals surface area contributed by atoms with Gasteiger partial charge in [0.05, 0.1) is 40.5 Å². The average Bonchev–Trinajstić information content (AvgIpc) is 1.38. The number of aromatic amines is 2. The number of nitrogens with zero attached hydrogens (tertiary/aromatic N) is 3. The Balaban J connectivity index is 0.635. The molecule has 8 bridgehead atoms. The zero-order chi connectivity index (χ0) is 70.2. The minimum absolute atomic E-state index is 0.0259. The Hall–Kier alpha value is -12.4. The maximum absolute atomic E-state index is 14.2. The summed E-state index contributed by atoms with van der Waals surface area (Å²) in [5.74, 6) is 0.398. The van der Waals surface area contributed by atoms with Crippen molar-refractivity contribution in [2.45, 2.75) is 101 Å². The third-order valence-corrected chi connectivity index (χ3v) is 36.1. The monoisotopic (exact) mass is 1400 g/mol. The molecule has 9 aliphatic carbocycles. The number of carbonyl (C=O) groups excluding carboxylic acids is 2. The largest absolute Gasteiger partial charge is 0.469 e. The molecule has 25 aromatic carbocycles. The van der Waals surface area contributed by atoms with Gasteiger partial charge in [-0.1, -0.05) is 50.3 Å². The van der Waals surface area contributed by atoms with Gasteiger partial charge in [0.15, 0.2) is 5.78 Å². The molecule has 2 N–H and O–H groups in total. The second-order valence-electron chi connectivity index (χ2n) is 38.3. The van der Waals surface area contributed by atoms with Crippen molar-refractivity contribution in [2.75, 3.05) is 20.7 Å². The van der Waals surface area contributed by atoms with Gasteiger partial charge in [0.1, 0.15) is 0 Å². The number of hydrogen-bond donors (Lipinski definition) is 2. The quantitative estimate of drug-likeness (QED) is 0.122. The number of esters is 1. The van der Waals surface area contributed by atoms with E-state index in [1.165, 1.54) is 23.8 Å². The van der Waals surface area contributed by atoms with Gasteiger partial charge < -0.3 is 14.7 Å². The lowest BCUT2D eigenvalue weighted by molar-refractivity contribution is -0.140. The first kappa shape index (κ1) is 50.4. The number of hydrogen-bond acceptors (Lipinski definition) is 6. The molecule has 1 fully saturated rings. The van der Waals surface area contributed by atoms with Crippen molar-refractivity contribution in [1.29, 1.82) is 0 Å². The van der Waals surface area contributed by atoms with Gasteiger partial charge in [0.25, 0.3) is 0 Å². The zero-order valence-electron chi connectivity index (χ0n) is 60.7. The van der Waals surface area contributed by atoms with Gasteiger partial charge >= 0.3 is 5.97 Å². The molecular weight excluding hydrogens is 1360 g/mol. The lowest BCUT2D eigenvalue weighted by atomic mass is 9.47. The van der Waals surface area contributed by atoms with Crippen molar-refractivity contribution in [3.05, 3.63) is 149 Å². The topological polar surface area (TPSA) is 104 Å². The van der Waals surface area contributed by atoms with Crippen LogP contribution in [0.2, 0.25) is 0 Å². The number of carbonyl (C=O) groups is 2. The van der Waals surface area contributed by atoms with E-state index in [1.807, 2.05) is 0 Å². The fraction of sp³-hybridized carbons (Fsp3) is 0.184. The fourth-order valence-electron chi connectivity index (χ4n) is 33.9.